The Morgan fingerprint density at radius 2 is 0.735 bits per heavy atom. The van der Waals surface area contributed by atoms with Crippen molar-refractivity contribution in [3.05, 3.63) is 128 Å². The first-order valence-corrected chi connectivity index (χ1v) is 18.5. The summed E-state index contributed by atoms with van der Waals surface area (Å²) in [6.07, 6.45) is 2.87. The molecule has 0 bridgehead atoms. The van der Waals surface area contributed by atoms with Crippen LogP contribution in [0.2, 0.25) is 0 Å². The van der Waals surface area contributed by atoms with E-state index in [1.165, 1.54) is 21.2 Å². The molecule has 0 amide bonds. The SMILES string of the molecule is [CH-]=O.[CH-]=O.[CH-]=O.[CH2-]C1(COC)CC(COC)([PH+](c2ccccc2)c2ccccc2)CC(COC)([PH+](c2ccccc2)c2ccccc2)C1.[Mo+4]. The van der Waals surface area contributed by atoms with E-state index in [2.05, 4.69) is 142 Å². The van der Waals surface area contributed by atoms with Gasteiger partial charge in [0.05, 0.1) is 50.3 Å². The van der Waals surface area contributed by atoms with Gasteiger partial charge in [0.2, 0.25) is 0 Å². The summed E-state index contributed by atoms with van der Waals surface area (Å²) in [6, 6.07) is 44.6. The van der Waals surface area contributed by atoms with Gasteiger partial charge >= 0.3 is 21.1 Å². The second kappa shape index (κ2) is 22.9. The molecule has 0 aromatic heterocycles. The largest absolute Gasteiger partial charge is 4.00 e. The Bertz CT molecular complexity index is 1250. The minimum Gasteiger partial charge on any atom is -0.545 e. The van der Waals surface area contributed by atoms with Crippen LogP contribution in [0.3, 0.4) is 0 Å². The third-order valence-electron chi connectivity index (χ3n) is 8.71. The van der Waals surface area contributed by atoms with Gasteiger partial charge in [-0.15, -0.1) is 5.41 Å². The summed E-state index contributed by atoms with van der Waals surface area (Å²) in [5.41, 5.74) is -0.303. The van der Waals surface area contributed by atoms with E-state index in [1.54, 1.807) is 0 Å². The molecule has 0 saturated heterocycles. The van der Waals surface area contributed by atoms with E-state index in [-0.39, 0.29) is 36.8 Å². The second-order valence-electron chi connectivity index (χ2n) is 12.1. The van der Waals surface area contributed by atoms with E-state index < -0.39 is 15.8 Å². The van der Waals surface area contributed by atoms with Gasteiger partial charge in [-0.2, -0.15) is 0 Å². The van der Waals surface area contributed by atoms with E-state index >= 15 is 0 Å². The molecule has 1 aliphatic rings. The first-order valence-electron chi connectivity index (χ1n) is 15.5. The number of ether oxygens (including phenoxy) is 3. The standard InChI is InChI=1S/C37H43O3P2.3CHO.Mo/c1-35(28-38-2)25-36(29-39-3,41(31-17-9-5-10-18-31)32-19-11-6-12-20-32)27-37(26-35,30-40-4)42(33-21-13-7-14-22-33)34-23-15-8-16-24-34;3*1-2;/h5-24H,1,25-30H2,2-4H3;3*1H;/q4*-1;+4/p+2. The van der Waals surface area contributed by atoms with Gasteiger partial charge in [-0.1, -0.05) is 72.8 Å². The Kier molecular flexibility index (Phi) is 20.7. The summed E-state index contributed by atoms with van der Waals surface area (Å²) in [5.74, 6) is 0. The number of methoxy groups -OCH3 is 3. The first kappa shape index (κ1) is 44.3. The van der Waals surface area contributed by atoms with Crippen LogP contribution in [-0.4, -0.2) is 71.8 Å². The molecule has 4 aromatic carbocycles. The van der Waals surface area contributed by atoms with Gasteiger partial charge in [0, 0.05) is 34.4 Å². The minimum absolute atomic E-state index is 0. The molecule has 0 spiro atoms. The molecule has 49 heavy (non-hydrogen) atoms. The molecule has 4 aromatic rings. The van der Waals surface area contributed by atoms with E-state index in [1.807, 2.05) is 21.3 Å². The predicted molar refractivity (Wildman–Crippen MR) is 204 cm³/mol. The fourth-order valence-corrected chi connectivity index (χ4v) is 16.0. The monoisotopic (exact) mass is 784 g/mol. The molecule has 258 valence electrons. The summed E-state index contributed by atoms with van der Waals surface area (Å²) in [5, 5.41) is 5.33. The summed E-state index contributed by atoms with van der Waals surface area (Å²) < 4.78 is 18.5. The van der Waals surface area contributed by atoms with Crippen LogP contribution < -0.4 is 21.2 Å². The predicted octanol–water partition coefficient (Wildman–Crippen LogP) is 5.31. The van der Waals surface area contributed by atoms with Crippen LogP contribution >= 0.6 is 15.8 Å². The van der Waals surface area contributed by atoms with Gasteiger partial charge < -0.3 is 35.5 Å². The third-order valence-corrected chi connectivity index (χ3v) is 15.5. The Morgan fingerprint density at radius 1 is 0.490 bits per heavy atom. The van der Waals surface area contributed by atoms with Crippen LogP contribution in [0.4, 0.5) is 0 Å². The summed E-state index contributed by atoms with van der Waals surface area (Å²) in [6.45, 7) is 16.7. The molecule has 6 nitrogen and oxygen atoms in total. The van der Waals surface area contributed by atoms with Crippen LogP contribution in [0.5, 0.6) is 0 Å². The number of carbonyl (C=O) groups excluding carboxylic acids is 3. The van der Waals surface area contributed by atoms with E-state index in [0.29, 0.717) is 19.8 Å². The van der Waals surface area contributed by atoms with Crippen molar-refractivity contribution >= 4 is 57.4 Å². The molecular weight excluding hydrogens is 734 g/mol. The zero-order valence-corrected chi connectivity index (χ0v) is 32.6. The van der Waals surface area contributed by atoms with Gasteiger partial charge in [-0.3, -0.25) is 20.4 Å². The minimum atomic E-state index is -1.35. The zero-order valence-electron chi connectivity index (χ0n) is 28.6. The number of benzene rings is 4. The van der Waals surface area contributed by atoms with Crippen molar-refractivity contribution in [1.82, 2.24) is 0 Å². The fraction of sp³-hybridized carbons (Fsp3) is 0.300. The zero-order chi connectivity index (χ0) is 35.5. The summed E-state index contributed by atoms with van der Waals surface area (Å²) >= 11 is 0. The number of hydrogen-bond acceptors (Lipinski definition) is 6. The van der Waals surface area contributed by atoms with Gasteiger partial charge in [0.1, 0.15) is 10.3 Å². The fourth-order valence-electron chi connectivity index (χ4n) is 7.91. The molecule has 1 aliphatic carbocycles. The maximum atomic E-state index is 7.75. The van der Waals surface area contributed by atoms with Crippen LogP contribution in [0.25, 0.3) is 0 Å². The molecule has 0 heterocycles. The smallest absolute Gasteiger partial charge is 0.545 e. The van der Waals surface area contributed by atoms with Crippen LogP contribution in [0.15, 0.2) is 121 Å². The van der Waals surface area contributed by atoms with E-state index in [4.69, 9.17) is 35.5 Å². The Balaban J connectivity index is 0.00000163. The third kappa shape index (κ3) is 11.2. The molecule has 2 atom stereocenters. The molecule has 5 rings (SSSR count). The van der Waals surface area contributed by atoms with Crippen LogP contribution in [0, 0.1) is 12.3 Å². The van der Waals surface area contributed by atoms with Gasteiger partial charge in [0.15, 0.2) is 0 Å². The van der Waals surface area contributed by atoms with Gasteiger partial charge in [-0.05, 0) is 61.4 Å². The van der Waals surface area contributed by atoms with Crippen molar-refractivity contribution in [2.24, 2.45) is 5.41 Å². The average molecular weight is 783 g/mol. The van der Waals surface area contributed by atoms with Gasteiger partial charge in [-0.25, -0.2) is 0 Å². The Morgan fingerprint density at radius 3 is 0.959 bits per heavy atom. The van der Waals surface area contributed by atoms with Crippen molar-refractivity contribution in [3.63, 3.8) is 0 Å². The van der Waals surface area contributed by atoms with Crippen molar-refractivity contribution in [3.8, 4) is 0 Å². The summed E-state index contributed by atoms with van der Waals surface area (Å²) in [7, 11) is 2.84. The van der Waals surface area contributed by atoms with Crippen molar-refractivity contribution in [2.75, 3.05) is 41.2 Å². The average Bonchev–Trinajstić information content (AvgIpc) is 3.13. The van der Waals surface area contributed by atoms with Crippen LogP contribution in [0.1, 0.15) is 19.3 Å². The van der Waals surface area contributed by atoms with E-state index in [9.17, 15) is 0 Å². The first-order chi connectivity index (χ1) is 23.5. The maximum absolute atomic E-state index is 7.75. The summed E-state index contributed by atoms with van der Waals surface area (Å²) in [4.78, 5) is 23.2. The number of rotatable bonds is 12. The number of hydrogen-bond donors (Lipinski definition) is 0. The quantitative estimate of drug-likeness (QED) is 0.0840. The molecule has 1 saturated carbocycles. The molecule has 9 heteroatoms. The Labute approximate surface area is 310 Å². The van der Waals surface area contributed by atoms with Crippen molar-refractivity contribution in [1.29, 1.82) is 0 Å². The molecular formula is C40H48MoO6P2+2. The molecule has 0 N–H and O–H groups in total. The molecule has 2 unspecified atom stereocenters. The molecule has 0 aliphatic heterocycles. The van der Waals surface area contributed by atoms with E-state index in [0.717, 1.165) is 19.3 Å². The second-order valence-corrected chi connectivity index (χ2v) is 18.0. The Hall–Kier alpha value is -2.68. The normalized spacial score (nSPS) is 21.0. The molecule has 0 radical (unpaired) electrons. The van der Waals surface area contributed by atoms with Gasteiger partial charge in [0.25, 0.3) is 0 Å². The van der Waals surface area contributed by atoms with Crippen molar-refractivity contribution < 1.29 is 49.7 Å². The molecule has 1 fully saturated rings. The van der Waals surface area contributed by atoms with Crippen LogP contribution in [-0.2, 0) is 49.7 Å². The maximum Gasteiger partial charge on any atom is 4.00 e. The van der Waals surface area contributed by atoms with Crippen molar-refractivity contribution in [2.45, 2.75) is 29.6 Å². The topological polar surface area (TPSA) is 78.9 Å².